The molecule has 22 heavy (non-hydrogen) atoms. The van der Waals surface area contributed by atoms with Crippen molar-refractivity contribution in [3.8, 4) is 0 Å². The Morgan fingerprint density at radius 2 is 2.05 bits per heavy atom. The maximum atomic E-state index is 12.0. The first kappa shape index (κ1) is 16.6. The number of nitrogens with zero attached hydrogens (tertiary/aromatic N) is 1. The van der Waals surface area contributed by atoms with E-state index in [2.05, 4.69) is 22.5 Å². The van der Waals surface area contributed by atoms with Gasteiger partial charge in [0.2, 0.25) is 0 Å². The molecular formula is C16H17Cl2N3O. The fourth-order valence-electron chi connectivity index (χ4n) is 1.86. The van der Waals surface area contributed by atoms with Gasteiger partial charge in [0, 0.05) is 17.8 Å². The topological polar surface area (TPSA) is 54.0 Å². The molecule has 0 aliphatic heterocycles. The number of amides is 1. The largest absolute Gasteiger partial charge is 0.353 e. The Morgan fingerprint density at radius 3 is 2.82 bits per heavy atom. The number of pyridine rings is 1. The van der Waals surface area contributed by atoms with Crippen LogP contribution in [0.1, 0.15) is 30.1 Å². The van der Waals surface area contributed by atoms with Crippen molar-refractivity contribution in [2.45, 2.75) is 19.8 Å². The molecule has 0 saturated carbocycles. The SMILES string of the molecule is CCCCNC(=O)c1cncc(Nc2cc(Cl)ccc2Cl)c1. The van der Waals surface area contributed by atoms with Gasteiger partial charge in [0.25, 0.3) is 5.91 Å². The van der Waals surface area contributed by atoms with Crippen molar-refractivity contribution in [1.82, 2.24) is 10.3 Å². The van der Waals surface area contributed by atoms with Crippen LogP contribution in [0.3, 0.4) is 0 Å². The van der Waals surface area contributed by atoms with E-state index in [9.17, 15) is 4.79 Å². The first-order chi connectivity index (χ1) is 10.6. The zero-order valence-corrected chi connectivity index (χ0v) is 13.7. The minimum atomic E-state index is -0.137. The van der Waals surface area contributed by atoms with E-state index >= 15 is 0 Å². The molecule has 0 radical (unpaired) electrons. The number of rotatable bonds is 6. The summed E-state index contributed by atoms with van der Waals surface area (Å²) in [5, 5.41) is 7.10. The van der Waals surface area contributed by atoms with Crippen LogP contribution >= 0.6 is 23.2 Å². The second-order valence-electron chi connectivity index (χ2n) is 4.82. The Kier molecular flexibility index (Phi) is 6.04. The van der Waals surface area contributed by atoms with Gasteiger partial charge in [-0.05, 0) is 30.7 Å². The molecule has 0 bridgehead atoms. The Bertz CT molecular complexity index is 662. The van der Waals surface area contributed by atoms with Gasteiger partial charge in [0.05, 0.1) is 28.2 Å². The van der Waals surface area contributed by atoms with Gasteiger partial charge < -0.3 is 10.6 Å². The number of anilines is 2. The van der Waals surface area contributed by atoms with Gasteiger partial charge in [-0.3, -0.25) is 9.78 Å². The quantitative estimate of drug-likeness (QED) is 0.753. The number of carbonyl (C=O) groups excluding carboxylic acids is 1. The van der Waals surface area contributed by atoms with Crippen molar-refractivity contribution in [2.24, 2.45) is 0 Å². The second-order valence-corrected chi connectivity index (χ2v) is 5.66. The van der Waals surface area contributed by atoms with E-state index in [1.54, 1.807) is 30.5 Å². The highest BCUT2D eigenvalue weighted by atomic mass is 35.5. The minimum Gasteiger partial charge on any atom is -0.353 e. The molecule has 0 aliphatic rings. The maximum Gasteiger partial charge on any atom is 0.252 e. The molecular weight excluding hydrogens is 321 g/mol. The van der Waals surface area contributed by atoms with Crippen LogP contribution in [-0.2, 0) is 0 Å². The van der Waals surface area contributed by atoms with E-state index < -0.39 is 0 Å². The Balaban J connectivity index is 2.11. The van der Waals surface area contributed by atoms with Gasteiger partial charge in [0.1, 0.15) is 0 Å². The van der Waals surface area contributed by atoms with Crippen molar-refractivity contribution in [3.05, 3.63) is 52.3 Å². The third-order valence-electron chi connectivity index (χ3n) is 3.02. The number of hydrogen-bond donors (Lipinski definition) is 2. The Labute approximate surface area is 139 Å². The predicted molar refractivity (Wildman–Crippen MR) is 91.2 cm³/mol. The zero-order chi connectivity index (χ0) is 15.9. The van der Waals surface area contributed by atoms with Crippen molar-refractivity contribution < 1.29 is 4.79 Å². The summed E-state index contributed by atoms with van der Waals surface area (Å²) < 4.78 is 0. The van der Waals surface area contributed by atoms with Crippen LogP contribution < -0.4 is 10.6 Å². The number of aromatic nitrogens is 1. The van der Waals surface area contributed by atoms with Gasteiger partial charge in [-0.15, -0.1) is 0 Å². The molecule has 0 aliphatic carbocycles. The molecule has 0 unspecified atom stereocenters. The summed E-state index contributed by atoms with van der Waals surface area (Å²) in [4.78, 5) is 16.1. The number of unbranched alkanes of at least 4 members (excludes halogenated alkanes) is 1. The molecule has 2 N–H and O–H groups in total. The molecule has 1 amide bonds. The molecule has 1 heterocycles. The summed E-state index contributed by atoms with van der Waals surface area (Å²) in [6.45, 7) is 2.74. The maximum absolute atomic E-state index is 12.0. The lowest BCUT2D eigenvalue weighted by molar-refractivity contribution is 0.0953. The standard InChI is InChI=1S/C16H17Cl2N3O/c1-2-3-6-20-16(22)11-7-13(10-19-9-11)21-15-8-12(17)4-5-14(15)18/h4-5,7-10,21H,2-3,6H2,1H3,(H,20,22). The van der Waals surface area contributed by atoms with Gasteiger partial charge in [-0.2, -0.15) is 0 Å². The van der Waals surface area contributed by atoms with Crippen LogP contribution in [0.25, 0.3) is 0 Å². The van der Waals surface area contributed by atoms with E-state index in [1.165, 1.54) is 6.20 Å². The first-order valence-electron chi connectivity index (χ1n) is 7.05. The van der Waals surface area contributed by atoms with Gasteiger partial charge in [0.15, 0.2) is 0 Å². The van der Waals surface area contributed by atoms with E-state index in [-0.39, 0.29) is 5.91 Å². The average molecular weight is 338 g/mol. The van der Waals surface area contributed by atoms with E-state index in [4.69, 9.17) is 23.2 Å². The fraction of sp³-hybridized carbons (Fsp3) is 0.250. The molecule has 0 spiro atoms. The highest BCUT2D eigenvalue weighted by molar-refractivity contribution is 6.35. The third kappa shape index (κ3) is 4.61. The molecule has 1 aromatic heterocycles. The number of halogens is 2. The number of nitrogens with one attached hydrogen (secondary N) is 2. The van der Waals surface area contributed by atoms with Gasteiger partial charge >= 0.3 is 0 Å². The molecule has 0 saturated heterocycles. The molecule has 116 valence electrons. The number of carbonyl (C=O) groups is 1. The lowest BCUT2D eigenvalue weighted by Gasteiger charge is -2.10. The van der Waals surface area contributed by atoms with Crippen LogP contribution in [-0.4, -0.2) is 17.4 Å². The van der Waals surface area contributed by atoms with Gasteiger partial charge in [-0.25, -0.2) is 0 Å². The van der Waals surface area contributed by atoms with Crippen LogP contribution in [0.4, 0.5) is 11.4 Å². The van der Waals surface area contributed by atoms with Crippen LogP contribution in [0.5, 0.6) is 0 Å². The molecule has 0 fully saturated rings. The van der Waals surface area contributed by atoms with E-state index in [0.29, 0.717) is 33.5 Å². The first-order valence-corrected chi connectivity index (χ1v) is 7.81. The highest BCUT2D eigenvalue weighted by Crippen LogP contribution is 2.28. The normalized spacial score (nSPS) is 10.3. The molecule has 4 nitrogen and oxygen atoms in total. The van der Waals surface area contributed by atoms with E-state index in [1.807, 2.05) is 0 Å². The molecule has 2 rings (SSSR count). The Morgan fingerprint density at radius 1 is 1.23 bits per heavy atom. The molecule has 6 heteroatoms. The fourth-order valence-corrected chi connectivity index (χ4v) is 2.20. The molecule has 2 aromatic rings. The van der Waals surface area contributed by atoms with Crippen LogP contribution in [0.15, 0.2) is 36.7 Å². The van der Waals surface area contributed by atoms with E-state index in [0.717, 1.165) is 12.8 Å². The zero-order valence-electron chi connectivity index (χ0n) is 12.2. The lowest BCUT2D eigenvalue weighted by Crippen LogP contribution is -2.24. The number of hydrogen-bond acceptors (Lipinski definition) is 3. The summed E-state index contributed by atoms with van der Waals surface area (Å²) >= 11 is 12.1. The van der Waals surface area contributed by atoms with Crippen LogP contribution in [0, 0.1) is 0 Å². The van der Waals surface area contributed by atoms with Crippen molar-refractivity contribution in [1.29, 1.82) is 0 Å². The predicted octanol–water partition coefficient (Wildman–Crippen LogP) is 4.66. The second kappa shape index (κ2) is 8.01. The monoisotopic (exact) mass is 337 g/mol. The van der Waals surface area contributed by atoms with Crippen LogP contribution in [0.2, 0.25) is 10.0 Å². The summed E-state index contributed by atoms with van der Waals surface area (Å²) in [5.74, 6) is -0.137. The highest BCUT2D eigenvalue weighted by Gasteiger charge is 2.08. The van der Waals surface area contributed by atoms with Gasteiger partial charge in [-0.1, -0.05) is 36.5 Å². The van der Waals surface area contributed by atoms with Crippen molar-refractivity contribution in [3.63, 3.8) is 0 Å². The smallest absolute Gasteiger partial charge is 0.252 e. The van der Waals surface area contributed by atoms with Crippen molar-refractivity contribution in [2.75, 3.05) is 11.9 Å². The summed E-state index contributed by atoms with van der Waals surface area (Å²) in [6, 6.07) is 6.87. The minimum absolute atomic E-state index is 0.137. The van der Waals surface area contributed by atoms with Crippen molar-refractivity contribution >= 4 is 40.5 Å². The lowest BCUT2D eigenvalue weighted by atomic mass is 10.2. The summed E-state index contributed by atoms with van der Waals surface area (Å²) in [5.41, 5.74) is 1.84. The number of benzene rings is 1. The summed E-state index contributed by atoms with van der Waals surface area (Å²) in [6.07, 6.45) is 5.15. The third-order valence-corrected chi connectivity index (χ3v) is 3.59. The molecule has 0 atom stereocenters. The molecule has 1 aromatic carbocycles. The summed E-state index contributed by atoms with van der Waals surface area (Å²) in [7, 11) is 0. The average Bonchev–Trinajstić information content (AvgIpc) is 2.51. The Hall–Kier alpha value is -1.78.